The summed E-state index contributed by atoms with van der Waals surface area (Å²) in [4.78, 5) is 10.6. The third-order valence-electron chi connectivity index (χ3n) is 4.30. The van der Waals surface area contributed by atoms with Crippen LogP contribution < -0.4 is 10.1 Å². The molecular formula is C17H16I2N2O4. The summed E-state index contributed by atoms with van der Waals surface area (Å²) < 4.78 is 7.47. The van der Waals surface area contributed by atoms with E-state index >= 15 is 0 Å². The second-order valence-electron chi connectivity index (χ2n) is 5.85. The van der Waals surface area contributed by atoms with Gasteiger partial charge in [0.05, 0.1) is 19.2 Å². The lowest BCUT2D eigenvalue weighted by atomic mass is 9.89. The van der Waals surface area contributed by atoms with Gasteiger partial charge in [-0.3, -0.25) is 10.1 Å². The van der Waals surface area contributed by atoms with Gasteiger partial charge in [-0.15, -0.1) is 0 Å². The van der Waals surface area contributed by atoms with Gasteiger partial charge in [0.15, 0.2) is 5.75 Å². The van der Waals surface area contributed by atoms with Crippen LogP contribution in [-0.2, 0) is 12.8 Å². The largest absolute Gasteiger partial charge is 0.502 e. The smallest absolute Gasteiger partial charge is 0.311 e. The van der Waals surface area contributed by atoms with E-state index in [1.54, 1.807) is 7.11 Å². The average molecular weight is 566 g/mol. The number of nitrogens with zero attached hydrogens (tertiary/aromatic N) is 1. The Morgan fingerprint density at radius 1 is 1.32 bits per heavy atom. The first-order valence-corrected chi connectivity index (χ1v) is 9.82. The first kappa shape index (κ1) is 18.6. The van der Waals surface area contributed by atoms with Crippen LogP contribution in [0.3, 0.4) is 0 Å². The van der Waals surface area contributed by atoms with Gasteiger partial charge in [0, 0.05) is 12.1 Å². The lowest BCUT2D eigenvalue weighted by molar-refractivity contribution is -0.386. The molecule has 3 rings (SSSR count). The first-order valence-electron chi connectivity index (χ1n) is 7.66. The molecule has 0 fully saturated rings. The summed E-state index contributed by atoms with van der Waals surface area (Å²) in [5.41, 5.74) is 2.74. The molecule has 132 valence electrons. The number of ether oxygens (including phenoxy) is 1. The van der Waals surface area contributed by atoms with Crippen LogP contribution in [0, 0.1) is 17.3 Å². The van der Waals surface area contributed by atoms with E-state index in [2.05, 4.69) is 62.6 Å². The van der Waals surface area contributed by atoms with Crippen LogP contribution in [0.5, 0.6) is 11.5 Å². The van der Waals surface area contributed by atoms with Gasteiger partial charge in [0.2, 0.25) is 0 Å². The molecule has 2 aromatic carbocycles. The molecule has 0 radical (unpaired) electrons. The minimum atomic E-state index is -0.541. The van der Waals surface area contributed by atoms with Crippen LogP contribution in [0.25, 0.3) is 0 Å². The number of nitrogens with one attached hydrogen (secondary N) is 1. The summed E-state index contributed by atoms with van der Waals surface area (Å²) in [5.74, 6) is 0.598. The quantitative estimate of drug-likeness (QED) is 0.333. The predicted octanol–water partition coefficient (Wildman–Crippen LogP) is 3.95. The van der Waals surface area contributed by atoms with E-state index in [1.165, 1.54) is 12.1 Å². The van der Waals surface area contributed by atoms with Crippen LogP contribution in [0.2, 0.25) is 0 Å². The zero-order valence-corrected chi connectivity index (χ0v) is 17.7. The summed E-state index contributed by atoms with van der Waals surface area (Å²) in [7, 11) is 1.66. The Hall–Kier alpha value is -1.14. The molecule has 1 aliphatic rings. The van der Waals surface area contributed by atoms with Crippen molar-refractivity contribution >= 4 is 50.9 Å². The van der Waals surface area contributed by atoms with E-state index < -0.39 is 4.92 Å². The Labute approximate surface area is 172 Å². The molecule has 0 unspecified atom stereocenters. The molecule has 2 aromatic rings. The van der Waals surface area contributed by atoms with Crippen LogP contribution in [0.15, 0.2) is 24.3 Å². The molecule has 0 aliphatic carbocycles. The summed E-state index contributed by atoms with van der Waals surface area (Å²) in [6, 6.07) is 7.16. The number of phenols is 1. The lowest BCUT2D eigenvalue weighted by Gasteiger charge is -2.27. The van der Waals surface area contributed by atoms with Crippen molar-refractivity contribution in [2.45, 2.75) is 18.9 Å². The number of rotatable bonds is 4. The molecule has 0 aromatic heterocycles. The number of benzene rings is 2. The number of hydrogen-bond donors (Lipinski definition) is 2. The molecular weight excluding hydrogens is 550 g/mol. The van der Waals surface area contributed by atoms with Crippen molar-refractivity contribution in [1.82, 2.24) is 5.32 Å². The van der Waals surface area contributed by atoms with Gasteiger partial charge in [-0.1, -0.05) is 0 Å². The van der Waals surface area contributed by atoms with Gasteiger partial charge in [-0.2, -0.15) is 0 Å². The van der Waals surface area contributed by atoms with Gasteiger partial charge in [0.25, 0.3) is 0 Å². The van der Waals surface area contributed by atoms with Crippen molar-refractivity contribution in [3.05, 3.63) is 58.2 Å². The lowest BCUT2D eigenvalue weighted by Crippen LogP contribution is -2.31. The monoisotopic (exact) mass is 566 g/mol. The van der Waals surface area contributed by atoms with Crippen molar-refractivity contribution in [3.63, 3.8) is 0 Å². The summed E-state index contributed by atoms with van der Waals surface area (Å²) in [6.45, 7) is 0.777. The fourth-order valence-electron chi connectivity index (χ4n) is 3.16. The number of halogens is 2. The number of phenolic OH excluding ortho intramolecular Hbond substituents is 1. The summed E-state index contributed by atoms with van der Waals surface area (Å²) in [5, 5.41) is 24.4. The van der Waals surface area contributed by atoms with Gasteiger partial charge in [-0.25, -0.2) is 0 Å². The third-order valence-corrected chi connectivity index (χ3v) is 5.90. The third kappa shape index (κ3) is 3.85. The van der Waals surface area contributed by atoms with Gasteiger partial charge < -0.3 is 15.2 Å². The standard InChI is InChI=1S/C17H16I2N2O4/c1-25-17-12(18)4-9(5-13(17)19)6-14-11-8-15(21(23)24)16(22)7-10(11)2-3-20-14/h4-5,7-8,14,20,22H,2-3,6H2,1H3/t14-/m0/s1. The number of aromatic hydroxyl groups is 1. The second kappa shape index (κ2) is 7.62. The predicted molar refractivity (Wildman–Crippen MR) is 111 cm³/mol. The number of hydrogen-bond acceptors (Lipinski definition) is 5. The van der Waals surface area contributed by atoms with Crippen LogP contribution in [-0.4, -0.2) is 23.7 Å². The molecule has 25 heavy (non-hydrogen) atoms. The normalized spacial score (nSPS) is 16.4. The van der Waals surface area contributed by atoms with Crippen LogP contribution in [0.4, 0.5) is 5.69 Å². The second-order valence-corrected chi connectivity index (χ2v) is 8.17. The maximum Gasteiger partial charge on any atom is 0.311 e. The highest BCUT2D eigenvalue weighted by Crippen LogP contribution is 2.36. The maximum absolute atomic E-state index is 11.1. The van der Waals surface area contributed by atoms with E-state index in [0.717, 1.165) is 42.5 Å². The molecule has 1 atom stereocenters. The summed E-state index contributed by atoms with van der Waals surface area (Å²) in [6.07, 6.45) is 1.46. The highest BCUT2D eigenvalue weighted by Gasteiger charge is 2.26. The Morgan fingerprint density at radius 3 is 2.60 bits per heavy atom. The molecule has 1 heterocycles. The van der Waals surface area contributed by atoms with Crippen molar-refractivity contribution in [2.75, 3.05) is 13.7 Å². The fourth-order valence-corrected chi connectivity index (χ4v) is 5.49. The molecule has 1 aliphatic heterocycles. The molecule has 6 nitrogen and oxygen atoms in total. The molecule has 0 spiro atoms. The zero-order valence-electron chi connectivity index (χ0n) is 13.4. The van der Waals surface area contributed by atoms with E-state index in [0.29, 0.717) is 6.42 Å². The molecule has 0 saturated heterocycles. The Kier molecular flexibility index (Phi) is 5.68. The average Bonchev–Trinajstić information content (AvgIpc) is 2.54. The van der Waals surface area contributed by atoms with E-state index in [-0.39, 0.29) is 17.5 Å². The van der Waals surface area contributed by atoms with Crippen molar-refractivity contribution < 1.29 is 14.8 Å². The fraction of sp³-hybridized carbons (Fsp3) is 0.294. The van der Waals surface area contributed by atoms with Crippen molar-refractivity contribution in [1.29, 1.82) is 0 Å². The van der Waals surface area contributed by atoms with E-state index in [9.17, 15) is 15.2 Å². The minimum absolute atomic E-state index is 0.0250. The minimum Gasteiger partial charge on any atom is -0.502 e. The topological polar surface area (TPSA) is 84.6 Å². The molecule has 8 heteroatoms. The van der Waals surface area contributed by atoms with E-state index in [4.69, 9.17) is 4.74 Å². The maximum atomic E-state index is 11.1. The SMILES string of the molecule is COc1c(I)cc(C[C@@H]2NCCc3cc(O)c([N+](=O)[O-])cc32)cc1I. The van der Waals surface area contributed by atoms with Crippen molar-refractivity contribution in [3.8, 4) is 11.5 Å². The van der Waals surface area contributed by atoms with Gasteiger partial charge >= 0.3 is 5.69 Å². The number of methoxy groups -OCH3 is 1. The van der Waals surface area contributed by atoms with Gasteiger partial charge in [0.1, 0.15) is 5.75 Å². The highest BCUT2D eigenvalue weighted by molar-refractivity contribution is 14.1. The number of nitro groups is 1. The highest BCUT2D eigenvalue weighted by atomic mass is 127. The Bertz CT molecular complexity index is 819. The first-order chi connectivity index (χ1) is 11.9. The molecule has 0 bridgehead atoms. The van der Waals surface area contributed by atoms with E-state index in [1.807, 2.05) is 0 Å². The van der Waals surface area contributed by atoms with Crippen molar-refractivity contribution in [2.24, 2.45) is 0 Å². The van der Waals surface area contributed by atoms with Gasteiger partial charge in [-0.05, 0) is 99.5 Å². The summed E-state index contributed by atoms with van der Waals surface area (Å²) >= 11 is 4.50. The molecule has 0 saturated carbocycles. The Morgan fingerprint density at radius 2 is 2.00 bits per heavy atom. The number of nitro benzene ring substituents is 1. The Balaban J connectivity index is 1.96. The zero-order chi connectivity index (χ0) is 18.1. The molecule has 0 amide bonds. The van der Waals surface area contributed by atoms with Crippen LogP contribution >= 0.6 is 45.2 Å². The number of fused-ring (bicyclic) bond motifs is 1. The van der Waals surface area contributed by atoms with Crippen LogP contribution in [0.1, 0.15) is 22.7 Å². The molecule has 2 N–H and O–H groups in total.